The van der Waals surface area contributed by atoms with Crippen LogP contribution in [0.15, 0.2) is 72.8 Å². The van der Waals surface area contributed by atoms with Crippen LogP contribution in [-0.4, -0.2) is 51.0 Å². The number of nitrogens with zero attached hydrogens (tertiary/aromatic N) is 2. The molecule has 0 saturated carbocycles. The Morgan fingerprint density at radius 3 is 2.19 bits per heavy atom. The van der Waals surface area contributed by atoms with E-state index in [1.165, 1.54) is 18.0 Å². The van der Waals surface area contributed by atoms with Crippen molar-refractivity contribution in [3.63, 3.8) is 0 Å². The average molecular weight is 583 g/mol. The summed E-state index contributed by atoms with van der Waals surface area (Å²) in [5.41, 5.74) is 1.69. The first-order valence-corrected chi connectivity index (χ1v) is 14.2. The highest BCUT2D eigenvalue weighted by Crippen LogP contribution is 2.26. The van der Waals surface area contributed by atoms with Crippen molar-refractivity contribution < 1.29 is 18.0 Å². The Morgan fingerprint density at radius 1 is 0.892 bits per heavy atom. The number of anilines is 1. The molecule has 1 unspecified atom stereocenters. The van der Waals surface area contributed by atoms with Crippen LogP contribution in [-0.2, 0) is 32.6 Å². The predicted molar refractivity (Wildman–Crippen MR) is 149 cm³/mol. The highest BCUT2D eigenvalue weighted by Gasteiger charge is 2.32. The van der Waals surface area contributed by atoms with Gasteiger partial charge in [-0.3, -0.25) is 13.9 Å². The number of hydrogen-bond acceptors (Lipinski definition) is 4. The molecule has 0 fully saturated rings. The number of likely N-dealkylation sites (N-methyl/N-ethyl adjacent to an activating group) is 1. The molecule has 0 bridgehead atoms. The summed E-state index contributed by atoms with van der Waals surface area (Å²) in [5.74, 6) is -0.980. The summed E-state index contributed by atoms with van der Waals surface area (Å²) in [6.45, 7) is -0.545. The van der Waals surface area contributed by atoms with Gasteiger partial charge in [0.15, 0.2) is 0 Å². The molecule has 3 aromatic carbocycles. The van der Waals surface area contributed by atoms with Gasteiger partial charge in [-0.25, -0.2) is 8.42 Å². The zero-order chi connectivity index (χ0) is 27.2. The molecule has 1 N–H and O–H groups in total. The summed E-state index contributed by atoms with van der Waals surface area (Å²) >= 11 is 18.3. The molecule has 0 aromatic heterocycles. The number of halogens is 3. The first-order chi connectivity index (χ1) is 17.5. The third kappa shape index (κ3) is 7.85. The van der Waals surface area contributed by atoms with Gasteiger partial charge < -0.3 is 10.2 Å². The standard InChI is InChI=1S/C26H26Cl3N3O4S/c1-30-26(34)24(14-18-7-4-3-5-8-18)31(16-19-11-12-22(28)23(29)13-19)25(33)17-32(37(2,35)36)21-10-6-9-20(27)15-21/h3-13,15,24H,14,16-17H2,1-2H3,(H,30,34). The quantitative estimate of drug-likeness (QED) is 0.372. The van der Waals surface area contributed by atoms with Crippen LogP contribution in [0.2, 0.25) is 15.1 Å². The van der Waals surface area contributed by atoms with E-state index in [1.54, 1.807) is 36.4 Å². The first kappa shape index (κ1) is 28.8. The minimum atomic E-state index is -3.87. The van der Waals surface area contributed by atoms with Crippen molar-refractivity contribution in [2.45, 2.75) is 19.0 Å². The van der Waals surface area contributed by atoms with Crippen LogP contribution in [0.1, 0.15) is 11.1 Å². The lowest BCUT2D eigenvalue weighted by molar-refractivity contribution is -0.139. The van der Waals surface area contributed by atoms with E-state index in [2.05, 4.69) is 5.32 Å². The predicted octanol–water partition coefficient (Wildman–Crippen LogP) is 4.80. The third-order valence-corrected chi connectivity index (χ3v) is 7.74. The Hall–Kier alpha value is -2.78. The fourth-order valence-electron chi connectivity index (χ4n) is 3.80. The first-order valence-electron chi connectivity index (χ1n) is 11.2. The highest BCUT2D eigenvalue weighted by atomic mass is 35.5. The van der Waals surface area contributed by atoms with Gasteiger partial charge in [0, 0.05) is 25.0 Å². The molecular formula is C26H26Cl3N3O4S. The normalized spacial score (nSPS) is 12.0. The van der Waals surface area contributed by atoms with Crippen molar-refractivity contribution in [3.8, 4) is 0 Å². The SMILES string of the molecule is CNC(=O)C(Cc1ccccc1)N(Cc1ccc(Cl)c(Cl)c1)C(=O)CN(c1cccc(Cl)c1)S(C)(=O)=O. The molecule has 2 amide bonds. The Bertz CT molecular complexity index is 1370. The van der Waals surface area contributed by atoms with E-state index in [-0.39, 0.29) is 18.7 Å². The maximum Gasteiger partial charge on any atom is 0.244 e. The van der Waals surface area contributed by atoms with Crippen molar-refractivity contribution in [1.82, 2.24) is 10.2 Å². The second-order valence-electron chi connectivity index (χ2n) is 8.34. The molecule has 0 aliphatic rings. The van der Waals surface area contributed by atoms with Crippen molar-refractivity contribution in [2.75, 3.05) is 24.2 Å². The number of carbonyl (C=O) groups is 2. The molecule has 37 heavy (non-hydrogen) atoms. The fraction of sp³-hybridized carbons (Fsp3) is 0.231. The topological polar surface area (TPSA) is 86.8 Å². The van der Waals surface area contributed by atoms with E-state index in [4.69, 9.17) is 34.8 Å². The van der Waals surface area contributed by atoms with Crippen LogP contribution in [0.25, 0.3) is 0 Å². The summed E-state index contributed by atoms with van der Waals surface area (Å²) in [5, 5.41) is 3.58. The van der Waals surface area contributed by atoms with Gasteiger partial charge in [-0.1, -0.05) is 77.3 Å². The monoisotopic (exact) mass is 581 g/mol. The lowest BCUT2D eigenvalue weighted by Gasteiger charge is -2.33. The number of benzene rings is 3. The minimum Gasteiger partial charge on any atom is -0.357 e. The van der Waals surface area contributed by atoms with Crippen molar-refractivity contribution >= 4 is 62.3 Å². The van der Waals surface area contributed by atoms with E-state index < -0.39 is 34.4 Å². The van der Waals surface area contributed by atoms with Gasteiger partial charge in [-0.05, 0) is 41.5 Å². The Morgan fingerprint density at radius 2 is 1.59 bits per heavy atom. The van der Waals surface area contributed by atoms with E-state index >= 15 is 0 Å². The minimum absolute atomic E-state index is 0.00616. The molecule has 7 nitrogen and oxygen atoms in total. The highest BCUT2D eigenvalue weighted by molar-refractivity contribution is 7.92. The molecule has 3 rings (SSSR count). The molecule has 0 aliphatic heterocycles. The van der Waals surface area contributed by atoms with Crippen molar-refractivity contribution in [2.24, 2.45) is 0 Å². The average Bonchev–Trinajstić information content (AvgIpc) is 2.86. The van der Waals surface area contributed by atoms with Gasteiger partial charge in [0.2, 0.25) is 21.8 Å². The van der Waals surface area contributed by atoms with Gasteiger partial charge >= 0.3 is 0 Å². The van der Waals surface area contributed by atoms with Crippen molar-refractivity contribution in [1.29, 1.82) is 0 Å². The van der Waals surface area contributed by atoms with E-state index in [1.807, 2.05) is 30.3 Å². The Kier molecular flexibility index (Phi) is 9.84. The second-order valence-corrected chi connectivity index (χ2v) is 11.5. The summed E-state index contributed by atoms with van der Waals surface area (Å²) < 4.78 is 26.4. The number of sulfonamides is 1. The van der Waals surface area contributed by atoms with Crippen molar-refractivity contribution in [3.05, 3.63) is 99.0 Å². The maximum absolute atomic E-state index is 13.8. The number of carbonyl (C=O) groups excluding carboxylic acids is 2. The molecule has 11 heteroatoms. The van der Waals surface area contributed by atoms with Crippen LogP contribution in [0.4, 0.5) is 5.69 Å². The summed E-state index contributed by atoms with van der Waals surface area (Å²) in [6.07, 6.45) is 1.22. The molecule has 0 radical (unpaired) electrons. The van der Waals surface area contributed by atoms with Crippen LogP contribution in [0, 0.1) is 0 Å². The van der Waals surface area contributed by atoms with E-state index in [0.717, 1.165) is 16.1 Å². The number of hydrogen-bond donors (Lipinski definition) is 1. The van der Waals surface area contributed by atoms with E-state index in [0.29, 0.717) is 20.6 Å². The Labute approximate surface area is 232 Å². The molecule has 196 valence electrons. The molecule has 1 atom stereocenters. The maximum atomic E-state index is 13.8. The van der Waals surface area contributed by atoms with Crippen LogP contribution < -0.4 is 9.62 Å². The van der Waals surface area contributed by atoms with Crippen LogP contribution in [0.5, 0.6) is 0 Å². The number of rotatable bonds is 10. The van der Waals surface area contributed by atoms with E-state index in [9.17, 15) is 18.0 Å². The largest absolute Gasteiger partial charge is 0.357 e. The molecule has 0 heterocycles. The molecule has 0 spiro atoms. The molecular weight excluding hydrogens is 557 g/mol. The Balaban J connectivity index is 2.04. The van der Waals surface area contributed by atoms with Gasteiger partial charge in [-0.15, -0.1) is 0 Å². The zero-order valence-electron chi connectivity index (χ0n) is 20.2. The van der Waals surface area contributed by atoms with Gasteiger partial charge in [-0.2, -0.15) is 0 Å². The smallest absolute Gasteiger partial charge is 0.244 e. The number of nitrogens with one attached hydrogen (secondary N) is 1. The molecule has 3 aromatic rings. The van der Waals surface area contributed by atoms with Crippen LogP contribution in [0.3, 0.4) is 0 Å². The fourth-order valence-corrected chi connectivity index (χ4v) is 5.15. The number of amides is 2. The van der Waals surface area contributed by atoms with Gasteiger partial charge in [0.1, 0.15) is 12.6 Å². The third-order valence-electron chi connectivity index (χ3n) is 5.63. The summed E-state index contributed by atoms with van der Waals surface area (Å²) in [7, 11) is -2.39. The lowest BCUT2D eigenvalue weighted by Crippen LogP contribution is -2.52. The van der Waals surface area contributed by atoms with Crippen LogP contribution >= 0.6 is 34.8 Å². The summed E-state index contributed by atoms with van der Waals surface area (Å²) in [4.78, 5) is 28.2. The van der Waals surface area contributed by atoms with Gasteiger partial charge in [0.25, 0.3) is 0 Å². The molecule has 0 aliphatic carbocycles. The second kappa shape index (κ2) is 12.6. The molecule has 0 saturated heterocycles. The lowest BCUT2D eigenvalue weighted by atomic mass is 10.0. The zero-order valence-corrected chi connectivity index (χ0v) is 23.3. The summed E-state index contributed by atoms with van der Waals surface area (Å²) in [6, 6.07) is 19.4. The van der Waals surface area contributed by atoms with Gasteiger partial charge in [0.05, 0.1) is 22.0 Å².